The van der Waals surface area contributed by atoms with E-state index >= 15 is 0 Å². The smallest absolute Gasteiger partial charge is 0.251 e. The fourth-order valence-corrected chi connectivity index (χ4v) is 3.58. The van der Waals surface area contributed by atoms with Crippen molar-refractivity contribution in [2.24, 2.45) is 0 Å². The van der Waals surface area contributed by atoms with Gasteiger partial charge in [0, 0.05) is 24.3 Å². The molecule has 4 aromatic rings. The number of nitrogens with one attached hydrogen (secondary N) is 1. The van der Waals surface area contributed by atoms with Crippen molar-refractivity contribution in [3.05, 3.63) is 89.5 Å². The van der Waals surface area contributed by atoms with Gasteiger partial charge in [-0.05, 0) is 42.0 Å². The first kappa shape index (κ1) is 19.1. The molecule has 0 spiro atoms. The SMILES string of the molecule is O=C(NCCc1nnc2ccc(SCc3ccc(F)cc3)nn12)c1ccccc1. The summed E-state index contributed by atoms with van der Waals surface area (Å²) in [5.41, 5.74) is 2.29. The Kier molecular flexibility index (Phi) is 5.81. The third-order valence-corrected chi connectivity index (χ3v) is 5.26. The number of carbonyl (C=O) groups excluding carboxylic acids is 1. The zero-order valence-corrected chi connectivity index (χ0v) is 16.3. The fraction of sp³-hybridized carbons (Fsp3) is 0.143. The maximum Gasteiger partial charge on any atom is 0.251 e. The van der Waals surface area contributed by atoms with Crippen LogP contribution >= 0.6 is 11.8 Å². The Labute approximate surface area is 171 Å². The summed E-state index contributed by atoms with van der Waals surface area (Å²) < 4.78 is 14.7. The number of carbonyl (C=O) groups is 1. The molecule has 1 N–H and O–H groups in total. The predicted molar refractivity (Wildman–Crippen MR) is 109 cm³/mol. The highest BCUT2D eigenvalue weighted by molar-refractivity contribution is 7.98. The first-order valence-corrected chi connectivity index (χ1v) is 10.1. The van der Waals surface area contributed by atoms with Gasteiger partial charge in [-0.15, -0.1) is 10.2 Å². The van der Waals surface area contributed by atoms with Gasteiger partial charge in [0.1, 0.15) is 10.8 Å². The van der Waals surface area contributed by atoms with E-state index < -0.39 is 0 Å². The molecule has 2 aromatic heterocycles. The van der Waals surface area contributed by atoms with Crippen LogP contribution in [0, 0.1) is 5.82 Å². The van der Waals surface area contributed by atoms with Crippen LogP contribution < -0.4 is 5.32 Å². The van der Waals surface area contributed by atoms with Gasteiger partial charge in [0.2, 0.25) is 0 Å². The van der Waals surface area contributed by atoms with E-state index in [9.17, 15) is 9.18 Å². The Morgan fingerprint density at radius 1 is 1.00 bits per heavy atom. The van der Waals surface area contributed by atoms with Gasteiger partial charge >= 0.3 is 0 Å². The van der Waals surface area contributed by atoms with Crippen molar-refractivity contribution in [2.75, 3.05) is 6.54 Å². The van der Waals surface area contributed by atoms with Crippen LogP contribution in [0.25, 0.3) is 5.65 Å². The van der Waals surface area contributed by atoms with Crippen molar-refractivity contribution in [3.63, 3.8) is 0 Å². The van der Waals surface area contributed by atoms with Crippen molar-refractivity contribution in [1.29, 1.82) is 0 Å². The second-order valence-electron chi connectivity index (χ2n) is 6.34. The third-order valence-electron chi connectivity index (χ3n) is 4.27. The molecule has 0 saturated carbocycles. The number of thioether (sulfide) groups is 1. The molecule has 4 rings (SSSR count). The Balaban J connectivity index is 1.39. The van der Waals surface area contributed by atoms with E-state index in [0.717, 1.165) is 10.6 Å². The minimum Gasteiger partial charge on any atom is -0.352 e. The summed E-state index contributed by atoms with van der Waals surface area (Å²) >= 11 is 1.55. The van der Waals surface area contributed by atoms with Crippen LogP contribution in [-0.4, -0.2) is 32.3 Å². The lowest BCUT2D eigenvalue weighted by Crippen LogP contribution is -2.26. The number of halogens is 1. The maximum absolute atomic E-state index is 13.0. The average molecular weight is 407 g/mol. The minimum atomic E-state index is -0.244. The molecule has 0 fully saturated rings. The number of amides is 1. The van der Waals surface area contributed by atoms with Gasteiger partial charge in [0.15, 0.2) is 11.5 Å². The minimum absolute atomic E-state index is 0.122. The Hall–Kier alpha value is -3.26. The molecule has 0 aliphatic heterocycles. The summed E-state index contributed by atoms with van der Waals surface area (Å²) in [5.74, 6) is 0.996. The van der Waals surface area contributed by atoms with Crippen molar-refractivity contribution in [1.82, 2.24) is 25.1 Å². The highest BCUT2D eigenvalue weighted by atomic mass is 32.2. The fourth-order valence-electron chi connectivity index (χ4n) is 2.77. The molecule has 146 valence electrons. The zero-order valence-electron chi connectivity index (χ0n) is 15.5. The van der Waals surface area contributed by atoms with E-state index in [2.05, 4.69) is 20.6 Å². The molecule has 0 saturated heterocycles. The van der Waals surface area contributed by atoms with E-state index in [-0.39, 0.29) is 11.7 Å². The molecular formula is C21H18FN5OS. The molecule has 2 heterocycles. The predicted octanol–water partition coefficient (Wildman–Crippen LogP) is 3.53. The number of nitrogens with zero attached hydrogens (tertiary/aromatic N) is 4. The van der Waals surface area contributed by atoms with Gasteiger partial charge in [0.25, 0.3) is 5.91 Å². The largest absolute Gasteiger partial charge is 0.352 e. The molecule has 6 nitrogen and oxygen atoms in total. The summed E-state index contributed by atoms with van der Waals surface area (Å²) in [7, 11) is 0. The molecule has 1 amide bonds. The highest BCUT2D eigenvalue weighted by Gasteiger charge is 2.10. The lowest BCUT2D eigenvalue weighted by atomic mass is 10.2. The molecule has 29 heavy (non-hydrogen) atoms. The molecule has 0 bridgehead atoms. The molecule has 0 aliphatic carbocycles. The van der Waals surface area contributed by atoms with Crippen molar-refractivity contribution >= 4 is 23.3 Å². The summed E-state index contributed by atoms with van der Waals surface area (Å²) in [6, 6.07) is 19.3. The van der Waals surface area contributed by atoms with Crippen LogP contribution in [0.4, 0.5) is 4.39 Å². The standard InChI is InChI=1S/C21H18FN5OS/c22-17-8-6-15(7-9-17)14-29-20-11-10-18-24-25-19(27(18)26-20)12-13-23-21(28)16-4-2-1-3-5-16/h1-11H,12-14H2,(H,23,28). The quantitative estimate of drug-likeness (QED) is 0.475. The molecule has 0 unspecified atom stereocenters. The molecule has 0 radical (unpaired) electrons. The van der Waals surface area contributed by atoms with Crippen molar-refractivity contribution in [2.45, 2.75) is 17.2 Å². The number of fused-ring (bicyclic) bond motifs is 1. The second-order valence-corrected chi connectivity index (χ2v) is 7.34. The maximum atomic E-state index is 13.0. The molecule has 8 heteroatoms. The summed E-state index contributed by atoms with van der Waals surface area (Å²) in [4.78, 5) is 12.1. The zero-order chi connectivity index (χ0) is 20.1. The number of benzene rings is 2. The van der Waals surface area contributed by atoms with E-state index in [4.69, 9.17) is 0 Å². The molecule has 2 aromatic carbocycles. The van der Waals surface area contributed by atoms with E-state index in [1.54, 1.807) is 40.5 Å². The lowest BCUT2D eigenvalue weighted by Gasteiger charge is -2.05. The van der Waals surface area contributed by atoms with Crippen LogP contribution in [0.15, 0.2) is 71.8 Å². The van der Waals surface area contributed by atoms with E-state index in [1.165, 1.54) is 12.1 Å². The average Bonchev–Trinajstić information content (AvgIpc) is 3.16. The van der Waals surface area contributed by atoms with E-state index in [1.807, 2.05) is 30.3 Å². The molecule has 0 atom stereocenters. The normalized spacial score (nSPS) is 10.9. The van der Waals surface area contributed by atoms with Crippen molar-refractivity contribution in [3.8, 4) is 0 Å². The van der Waals surface area contributed by atoms with Crippen LogP contribution in [0.5, 0.6) is 0 Å². The molecule has 0 aliphatic rings. The van der Waals surface area contributed by atoms with Gasteiger partial charge in [-0.25, -0.2) is 4.39 Å². The van der Waals surface area contributed by atoms with Crippen LogP contribution in [-0.2, 0) is 12.2 Å². The van der Waals surface area contributed by atoms with Crippen LogP contribution in [0.3, 0.4) is 0 Å². The number of hydrogen-bond acceptors (Lipinski definition) is 5. The number of hydrogen-bond donors (Lipinski definition) is 1. The lowest BCUT2D eigenvalue weighted by molar-refractivity contribution is 0.0954. The van der Waals surface area contributed by atoms with Gasteiger partial charge in [0.05, 0.1) is 0 Å². The summed E-state index contributed by atoms with van der Waals surface area (Å²) in [5, 5.41) is 16.6. The monoisotopic (exact) mass is 407 g/mol. The number of aromatic nitrogens is 4. The Morgan fingerprint density at radius 2 is 1.79 bits per heavy atom. The number of rotatable bonds is 7. The topological polar surface area (TPSA) is 72.2 Å². The first-order valence-electron chi connectivity index (χ1n) is 9.11. The Bertz CT molecular complexity index is 1120. The van der Waals surface area contributed by atoms with Gasteiger partial charge in [-0.2, -0.15) is 9.61 Å². The van der Waals surface area contributed by atoms with Gasteiger partial charge in [-0.3, -0.25) is 4.79 Å². The van der Waals surface area contributed by atoms with Gasteiger partial charge < -0.3 is 5.32 Å². The van der Waals surface area contributed by atoms with Crippen LogP contribution in [0.2, 0.25) is 0 Å². The first-order chi connectivity index (χ1) is 14.2. The second kappa shape index (κ2) is 8.83. The van der Waals surface area contributed by atoms with Gasteiger partial charge in [-0.1, -0.05) is 42.1 Å². The van der Waals surface area contributed by atoms with Crippen LogP contribution in [0.1, 0.15) is 21.7 Å². The molecular weight excluding hydrogens is 389 g/mol. The Morgan fingerprint density at radius 3 is 2.59 bits per heavy atom. The highest BCUT2D eigenvalue weighted by Crippen LogP contribution is 2.21. The summed E-state index contributed by atoms with van der Waals surface area (Å²) in [6.07, 6.45) is 0.513. The third kappa shape index (κ3) is 4.78. The van der Waals surface area contributed by atoms with E-state index in [0.29, 0.717) is 35.8 Å². The summed E-state index contributed by atoms with van der Waals surface area (Å²) in [6.45, 7) is 0.434. The van der Waals surface area contributed by atoms with Crippen molar-refractivity contribution < 1.29 is 9.18 Å².